The van der Waals surface area contributed by atoms with Crippen LogP contribution in [0.3, 0.4) is 0 Å². The molecular formula is C16H19FIN3O4S. The number of benzene rings is 1. The number of likely N-dealkylation sites (tertiary alicyclic amines) is 1. The van der Waals surface area contributed by atoms with Gasteiger partial charge in [-0.2, -0.15) is 5.26 Å². The number of nitrogens with two attached hydrogens (primary N) is 1. The van der Waals surface area contributed by atoms with Gasteiger partial charge >= 0.3 is 0 Å². The van der Waals surface area contributed by atoms with Crippen LogP contribution in [-0.2, 0) is 14.8 Å². The number of piperidine rings is 1. The summed E-state index contributed by atoms with van der Waals surface area (Å²) in [6, 6.07) is 5.94. The largest absolute Gasteiger partial charge is 0.489 e. The molecule has 26 heavy (non-hydrogen) atoms. The molecule has 2 aliphatic heterocycles. The van der Waals surface area contributed by atoms with Gasteiger partial charge in [0.25, 0.3) is 0 Å². The maximum absolute atomic E-state index is 15.2. The van der Waals surface area contributed by atoms with E-state index in [1.54, 1.807) is 0 Å². The van der Waals surface area contributed by atoms with Crippen molar-refractivity contribution in [1.82, 2.24) is 4.90 Å². The summed E-state index contributed by atoms with van der Waals surface area (Å²) in [6.07, 6.45) is 0.654. The summed E-state index contributed by atoms with van der Waals surface area (Å²) in [5, 5.41) is 14.3. The molecule has 1 aromatic rings. The summed E-state index contributed by atoms with van der Waals surface area (Å²) in [4.78, 5) is 2.07. The summed E-state index contributed by atoms with van der Waals surface area (Å²) in [6.45, 7) is 1.82. The summed E-state index contributed by atoms with van der Waals surface area (Å²) < 4.78 is 48.7. The quantitative estimate of drug-likeness (QED) is 0.378. The molecule has 0 aliphatic carbocycles. The van der Waals surface area contributed by atoms with Crippen LogP contribution in [0.2, 0.25) is 0 Å². The summed E-state index contributed by atoms with van der Waals surface area (Å²) >= 11 is 2.24. The Hall–Kier alpha value is -1.00. The molecule has 0 spiro atoms. The summed E-state index contributed by atoms with van der Waals surface area (Å²) in [5.41, 5.74) is -1.49. The molecule has 2 saturated heterocycles. The minimum atomic E-state index is -3.92. The summed E-state index contributed by atoms with van der Waals surface area (Å²) in [5.74, 6) is 0.150. The fourth-order valence-electron chi connectivity index (χ4n) is 3.05. The van der Waals surface area contributed by atoms with Crippen LogP contribution in [0.25, 0.3) is 0 Å². The minimum absolute atomic E-state index is 0.00945. The highest BCUT2D eigenvalue weighted by Crippen LogP contribution is 2.36. The molecule has 2 heterocycles. The molecule has 2 N–H and O–H groups in total. The van der Waals surface area contributed by atoms with Gasteiger partial charge in [0.2, 0.25) is 10.0 Å². The van der Waals surface area contributed by atoms with Gasteiger partial charge in [0, 0.05) is 13.0 Å². The van der Waals surface area contributed by atoms with Gasteiger partial charge in [0.1, 0.15) is 24.1 Å². The second kappa shape index (κ2) is 7.55. The molecule has 2 atom stereocenters. The number of nitrogens with zero attached hydrogens (tertiary/aromatic N) is 2. The first-order valence-electron chi connectivity index (χ1n) is 8.08. The van der Waals surface area contributed by atoms with Crippen molar-refractivity contribution in [3.8, 4) is 11.8 Å². The van der Waals surface area contributed by atoms with Crippen molar-refractivity contribution in [3.63, 3.8) is 0 Å². The monoisotopic (exact) mass is 495 g/mol. The van der Waals surface area contributed by atoms with Gasteiger partial charge in [-0.1, -0.05) is 22.6 Å². The van der Waals surface area contributed by atoms with Gasteiger partial charge in [-0.25, -0.2) is 17.9 Å². The molecule has 0 saturated carbocycles. The topological polar surface area (TPSA) is 106 Å². The number of alkyl halides is 2. The Labute approximate surface area is 165 Å². The van der Waals surface area contributed by atoms with E-state index in [4.69, 9.17) is 14.6 Å². The van der Waals surface area contributed by atoms with E-state index in [1.807, 2.05) is 6.07 Å². The third-order valence-electron chi connectivity index (χ3n) is 4.69. The van der Waals surface area contributed by atoms with Crippen LogP contribution in [0, 0.1) is 11.3 Å². The Morgan fingerprint density at radius 1 is 1.50 bits per heavy atom. The molecule has 0 amide bonds. The third kappa shape index (κ3) is 4.28. The van der Waals surface area contributed by atoms with Crippen molar-refractivity contribution in [2.75, 3.05) is 26.4 Å². The van der Waals surface area contributed by atoms with Gasteiger partial charge in [0.05, 0.1) is 33.8 Å². The lowest BCUT2D eigenvalue weighted by atomic mass is 9.93. The number of ether oxygens (including phenoxy) is 2. The zero-order valence-corrected chi connectivity index (χ0v) is 16.9. The molecule has 2 fully saturated rings. The van der Waals surface area contributed by atoms with Crippen molar-refractivity contribution in [1.29, 1.82) is 5.26 Å². The zero-order chi connectivity index (χ0) is 18.9. The van der Waals surface area contributed by atoms with Crippen molar-refractivity contribution < 1.29 is 22.3 Å². The van der Waals surface area contributed by atoms with E-state index < -0.39 is 15.7 Å². The van der Waals surface area contributed by atoms with Crippen LogP contribution >= 0.6 is 22.6 Å². The Balaban J connectivity index is 1.66. The molecule has 0 bridgehead atoms. The van der Waals surface area contributed by atoms with Crippen LogP contribution in [0.15, 0.2) is 23.1 Å². The Morgan fingerprint density at radius 3 is 2.77 bits per heavy atom. The van der Waals surface area contributed by atoms with E-state index in [-0.39, 0.29) is 26.9 Å². The third-order valence-corrected chi connectivity index (χ3v) is 6.75. The first kappa shape index (κ1) is 19.8. The van der Waals surface area contributed by atoms with E-state index >= 15 is 4.39 Å². The Kier molecular flexibility index (Phi) is 5.74. The molecule has 7 nitrogen and oxygen atoms in total. The Bertz CT molecular complexity index is 827. The van der Waals surface area contributed by atoms with E-state index in [9.17, 15) is 13.7 Å². The highest BCUT2D eigenvalue weighted by atomic mass is 127. The van der Waals surface area contributed by atoms with Gasteiger partial charge in [-0.3, -0.25) is 4.90 Å². The fourth-order valence-corrected chi connectivity index (χ4v) is 5.12. The average Bonchev–Trinajstić information content (AvgIpc) is 2.53. The van der Waals surface area contributed by atoms with Crippen LogP contribution < -0.4 is 9.88 Å². The molecule has 3 rings (SSSR count). The molecule has 10 heteroatoms. The van der Waals surface area contributed by atoms with Gasteiger partial charge in [-0.05, 0) is 24.6 Å². The lowest BCUT2D eigenvalue weighted by molar-refractivity contribution is -0.0926. The average molecular weight is 495 g/mol. The van der Waals surface area contributed by atoms with Crippen molar-refractivity contribution in [3.05, 3.63) is 23.8 Å². The second-order valence-corrected chi connectivity index (χ2v) is 9.57. The smallest absolute Gasteiger partial charge is 0.238 e. The maximum Gasteiger partial charge on any atom is 0.238 e. The van der Waals surface area contributed by atoms with Gasteiger partial charge < -0.3 is 9.47 Å². The first-order valence-corrected chi connectivity index (χ1v) is 10.9. The molecule has 2 aliphatic rings. The SMILES string of the molecule is N#Cc1cc(S(N)(=O)=O)ccc1OCC1(F)CCN(C2COC2)C(I)C1. The van der Waals surface area contributed by atoms with Crippen LogP contribution in [0.1, 0.15) is 18.4 Å². The number of sulfonamides is 1. The molecular weight excluding hydrogens is 476 g/mol. The number of hydrogen-bond donors (Lipinski definition) is 1. The second-order valence-electron chi connectivity index (χ2n) is 6.57. The maximum atomic E-state index is 15.2. The van der Waals surface area contributed by atoms with E-state index in [0.717, 1.165) is 6.07 Å². The highest BCUT2D eigenvalue weighted by Gasteiger charge is 2.43. The van der Waals surface area contributed by atoms with E-state index in [1.165, 1.54) is 12.1 Å². The van der Waals surface area contributed by atoms with Crippen molar-refractivity contribution >= 4 is 32.6 Å². The fraction of sp³-hybridized carbons (Fsp3) is 0.562. The molecule has 1 aromatic carbocycles. The number of nitriles is 1. The van der Waals surface area contributed by atoms with Gasteiger partial charge in [-0.15, -0.1) is 0 Å². The van der Waals surface area contributed by atoms with Crippen molar-refractivity contribution in [2.45, 2.75) is 33.5 Å². The van der Waals surface area contributed by atoms with Crippen molar-refractivity contribution in [2.24, 2.45) is 5.14 Å². The molecule has 142 valence electrons. The number of primary sulfonamides is 1. The first-order chi connectivity index (χ1) is 12.2. The highest BCUT2D eigenvalue weighted by molar-refractivity contribution is 14.1. The van der Waals surface area contributed by atoms with E-state index in [2.05, 4.69) is 27.5 Å². The lowest BCUT2D eigenvalue weighted by Crippen LogP contribution is -2.57. The standard InChI is InChI=1S/C16H19FIN3O4S/c17-16(3-4-21(15(18)6-16)12-8-24-9-12)10-25-14-2-1-13(26(20,22)23)5-11(14)7-19/h1-2,5,12,15H,3-4,6,8-10H2,(H2,20,22,23). The lowest BCUT2D eigenvalue weighted by Gasteiger charge is -2.46. The zero-order valence-electron chi connectivity index (χ0n) is 13.9. The molecule has 0 radical (unpaired) electrons. The Morgan fingerprint density at radius 2 is 2.23 bits per heavy atom. The predicted molar refractivity (Wildman–Crippen MR) is 100 cm³/mol. The van der Waals surface area contributed by atoms with Crippen LogP contribution in [-0.4, -0.2) is 55.4 Å². The summed E-state index contributed by atoms with van der Waals surface area (Å²) in [7, 11) is -3.92. The molecule has 0 aromatic heterocycles. The number of rotatable bonds is 5. The number of hydrogen-bond acceptors (Lipinski definition) is 6. The van der Waals surface area contributed by atoms with Gasteiger partial charge in [0.15, 0.2) is 0 Å². The van der Waals surface area contributed by atoms with E-state index in [0.29, 0.717) is 38.6 Å². The van der Waals surface area contributed by atoms with Crippen LogP contribution in [0.5, 0.6) is 5.75 Å². The molecule has 2 unspecified atom stereocenters. The minimum Gasteiger partial charge on any atom is -0.489 e. The van der Waals surface area contributed by atoms with Crippen LogP contribution in [0.4, 0.5) is 4.39 Å². The number of halogens is 2. The normalized spacial score (nSPS) is 27.5. The predicted octanol–water partition coefficient (Wildman–Crippen LogP) is 1.55.